The number of rotatable bonds is 12. The maximum absolute atomic E-state index is 5.81. The molecule has 1 aliphatic rings. The van der Waals surface area contributed by atoms with Crippen molar-refractivity contribution in [2.24, 2.45) is 0 Å². The van der Waals surface area contributed by atoms with E-state index >= 15 is 0 Å². The molecule has 3 aromatic rings. The molecule has 1 N–H and O–H groups in total. The van der Waals surface area contributed by atoms with E-state index in [2.05, 4.69) is 30.1 Å². The summed E-state index contributed by atoms with van der Waals surface area (Å²) in [4.78, 5) is 3.52. The Kier molecular flexibility index (Phi) is 7.79. The van der Waals surface area contributed by atoms with Crippen LogP contribution in [0.5, 0.6) is 17.2 Å². The number of fused-ring (bicyclic) bond motifs is 2. The van der Waals surface area contributed by atoms with Gasteiger partial charge in [-0.3, -0.25) is 0 Å². The molecule has 1 aromatic heterocycles. The van der Waals surface area contributed by atoms with Crippen LogP contribution in [0.2, 0.25) is 0 Å². The molecular formula is C29H37NO5. The molecule has 35 heavy (non-hydrogen) atoms. The highest BCUT2D eigenvalue weighted by Gasteiger charge is 2.34. The van der Waals surface area contributed by atoms with Crippen molar-refractivity contribution in [1.29, 1.82) is 0 Å². The van der Waals surface area contributed by atoms with Crippen LogP contribution in [0.15, 0.2) is 36.1 Å². The van der Waals surface area contributed by atoms with Crippen molar-refractivity contribution in [1.82, 2.24) is 4.98 Å². The largest absolute Gasteiger partial charge is 0.497 e. The van der Waals surface area contributed by atoms with Gasteiger partial charge in [-0.2, -0.15) is 0 Å². The summed E-state index contributed by atoms with van der Waals surface area (Å²) in [6.45, 7) is 2.14. The maximum Gasteiger partial charge on any atom is 0.173 e. The van der Waals surface area contributed by atoms with Gasteiger partial charge in [-0.25, -0.2) is 0 Å². The Labute approximate surface area is 208 Å². The van der Waals surface area contributed by atoms with Gasteiger partial charge in [0.2, 0.25) is 0 Å². The van der Waals surface area contributed by atoms with Gasteiger partial charge >= 0.3 is 0 Å². The molecule has 0 amide bonds. The van der Waals surface area contributed by atoms with E-state index in [1.807, 2.05) is 12.1 Å². The van der Waals surface area contributed by atoms with Crippen LogP contribution in [-0.4, -0.2) is 40.5 Å². The number of ether oxygens (including phenoxy) is 5. The van der Waals surface area contributed by atoms with E-state index in [1.165, 1.54) is 16.7 Å². The SMILES string of the molecule is COC1=C(OC)C(CCCCCCc2[nH]c3ccc(OC)c(OC)c3c2OC)c2cccc(C)c21. The Morgan fingerprint density at radius 1 is 0.771 bits per heavy atom. The van der Waals surface area contributed by atoms with E-state index in [4.69, 9.17) is 23.7 Å². The van der Waals surface area contributed by atoms with E-state index in [1.54, 1.807) is 35.5 Å². The van der Waals surface area contributed by atoms with Crippen LogP contribution in [0.1, 0.15) is 60.4 Å². The standard InChI is InChI=1S/C29H37NO5/c1-18-12-11-14-19-20(26(32-3)29(35-6)24(18)19)13-9-7-8-10-15-22-27(33-4)25-21(30-22)16-17-23(31-2)28(25)34-5/h11-12,14,16-17,20,30H,7-10,13,15H2,1-6H3. The maximum atomic E-state index is 5.81. The van der Waals surface area contributed by atoms with Crippen molar-refractivity contribution in [3.8, 4) is 17.2 Å². The van der Waals surface area contributed by atoms with Crippen LogP contribution < -0.4 is 14.2 Å². The monoisotopic (exact) mass is 479 g/mol. The normalized spacial score (nSPS) is 14.9. The van der Waals surface area contributed by atoms with Crippen LogP contribution >= 0.6 is 0 Å². The molecule has 0 saturated heterocycles. The zero-order valence-electron chi connectivity index (χ0n) is 21.7. The molecule has 1 unspecified atom stereocenters. The third-order valence-electron chi connectivity index (χ3n) is 7.08. The number of H-pyrrole nitrogens is 1. The molecule has 0 radical (unpaired) electrons. The van der Waals surface area contributed by atoms with Crippen molar-refractivity contribution < 1.29 is 23.7 Å². The van der Waals surface area contributed by atoms with Crippen LogP contribution in [-0.2, 0) is 15.9 Å². The first-order valence-corrected chi connectivity index (χ1v) is 12.3. The Morgan fingerprint density at radius 2 is 1.54 bits per heavy atom. The molecule has 2 aromatic carbocycles. The van der Waals surface area contributed by atoms with Gasteiger partial charge in [0.1, 0.15) is 5.76 Å². The lowest BCUT2D eigenvalue weighted by Gasteiger charge is -2.15. The van der Waals surface area contributed by atoms with E-state index < -0.39 is 0 Å². The minimum absolute atomic E-state index is 0.265. The Hall–Kier alpha value is -3.28. The van der Waals surface area contributed by atoms with Crippen LogP contribution in [0.3, 0.4) is 0 Å². The predicted molar refractivity (Wildman–Crippen MR) is 140 cm³/mol. The number of aromatic nitrogens is 1. The first-order chi connectivity index (χ1) is 17.1. The summed E-state index contributed by atoms with van der Waals surface area (Å²) in [6.07, 6.45) is 6.51. The molecule has 1 atom stereocenters. The summed E-state index contributed by atoms with van der Waals surface area (Å²) < 4.78 is 28.4. The second-order valence-electron chi connectivity index (χ2n) is 9.01. The molecule has 188 valence electrons. The third kappa shape index (κ3) is 4.54. The summed E-state index contributed by atoms with van der Waals surface area (Å²) in [6, 6.07) is 10.4. The Bertz CT molecular complexity index is 1210. The first-order valence-electron chi connectivity index (χ1n) is 12.3. The summed E-state index contributed by atoms with van der Waals surface area (Å²) in [5.41, 5.74) is 5.86. The quantitative estimate of drug-likeness (QED) is 0.291. The molecule has 0 aliphatic heterocycles. The molecule has 0 saturated carbocycles. The zero-order valence-corrected chi connectivity index (χ0v) is 21.7. The van der Waals surface area contributed by atoms with Crippen molar-refractivity contribution in [2.75, 3.05) is 35.5 Å². The Morgan fingerprint density at radius 3 is 2.23 bits per heavy atom. The average molecular weight is 480 g/mol. The number of hydrogen-bond acceptors (Lipinski definition) is 5. The second kappa shape index (κ2) is 11.0. The van der Waals surface area contributed by atoms with Crippen LogP contribution in [0, 0.1) is 6.92 Å². The summed E-state index contributed by atoms with van der Waals surface area (Å²) >= 11 is 0. The number of aryl methyl sites for hydroxylation is 2. The highest BCUT2D eigenvalue weighted by atomic mass is 16.5. The predicted octanol–water partition coefficient (Wildman–Crippen LogP) is 6.75. The summed E-state index contributed by atoms with van der Waals surface area (Å²) in [7, 11) is 8.50. The lowest BCUT2D eigenvalue weighted by Crippen LogP contribution is -2.01. The van der Waals surface area contributed by atoms with Crippen molar-refractivity contribution in [3.63, 3.8) is 0 Å². The van der Waals surface area contributed by atoms with Crippen molar-refractivity contribution in [3.05, 3.63) is 58.5 Å². The van der Waals surface area contributed by atoms with Gasteiger partial charge in [0.15, 0.2) is 23.0 Å². The minimum atomic E-state index is 0.265. The van der Waals surface area contributed by atoms with Gasteiger partial charge in [-0.05, 0) is 49.4 Å². The molecule has 0 fully saturated rings. The molecule has 4 rings (SSSR count). The lowest BCUT2D eigenvalue weighted by atomic mass is 9.92. The topological polar surface area (TPSA) is 61.9 Å². The molecule has 0 bridgehead atoms. The summed E-state index contributed by atoms with van der Waals surface area (Å²) in [5.74, 6) is 4.37. The number of benzene rings is 2. The number of aromatic amines is 1. The van der Waals surface area contributed by atoms with Crippen LogP contribution in [0.25, 0.3) is 16.7 Å². The number of unbranched alkanes of at least 4 members (excludes halogenated alkanes) is 3. The van der Waals surface area contributed by atoms with Crippen molar-refractivity contribution in [2.45, 2.75) is 51.4 Å². The van der Waals surface area contributed by atoms with E-state index in [0.717, 1.165) is 72.4 Å². The number of methoxy groups -OCH3 is 5. The van der Waals surface area contributed by atoms with E-state index in [-0.39, 0.29) is 5.92 Å². The van der Waals surface area contributed by atoms with E-state index in [0.29, 0.717) is 11.5 Å². The van der Waals surface area contributed by atoms with Gasteiger partial charge in [0.25, 0.3) is 0 Å². The zero-order chi connectivity index (χ0) is 24.9. The molecule has 0 spiro atoms. The number of allylic oxidation sites excluding steroid dienone is 1. The number of nitrogens with one attached hydrogen (secondary N) is 1. The molecule has 6 nitrogen and oxygen atoms in total. The fourth-order valence-corrected chi connectivity index (χ4v) is 5.47. The number of hydrogen-bond donors (Lipinski definition) is 1. The van der Waals surface area contributed by atoms with Gasteiger partial charge < -0.3 is 28.7 Å². The van der Waals surface area contributed by atoms with Gasteiger partial charge in [0, 0.05) is 11.5 Å². The third-order valence-corrected chi connectivity index (χ3v) is 7.08. The smallest absolute Gasteiger partial charge is 0.173 e. The van der Waals surface area contributed by atoms with Gasteiger partial charge in [0.05, 0.1) is 52.1 Å². The highest BCUT2D eigenvalue weighted by molar-refractivity contribution is 5.95. The Balaban J connectivity index is 1.37. The van der Waals surface area contributed by atoms with Gasteiger partial charge in [-0.1, -0.05) is 37.5 Å². The average Bonchev–Trinajstić information content (AvgIpc) is 3.40. The molecular weight excluding hydrogens is 442 g/mol. The molecule has 1 aliphatic carbocycles. The fraction of sp³-hybridized carbons (Fsp3) is 0.448. The minimum Gasteiger partial charge on any atom is -0.497 e. The second-order valence-corrected chi connectivity index (χ2v) is 9.01. The fourth-order valence-electron chi connectivity index (χ4n) is 5.47. The van der Waals surface area contributed by atoms with Gasteiger partial charge in [-0.15, -0.1) is 0 Å². The highest BCUT2D eigenvalue weighted by Crippen LogP contribution is 2.46. The lowest BCUT2D eigenvalue weighted by molar-refractivity contribution is 0.245. The first kappa shape index (κ1) is 24.8. The molecule has 1 heterocycles. The summed E-state index contributed by atoms with van der Waals surface area (Å²) in [5, 5.41) is 0.937. The molecule has 6 heteroatoms. The van der Waals surface area contributed by atoms with Crippen molar-refractivity contribution >= 4 is 16.7 Å². The van der Waals surface area contributed by atoms with Crippen LogP contribution in [0.4, 0.5) is 0 Å². The van der Waals surface area contributed by atoms with E-state index in [9.17, 15) is 0 Å².